The van der Waals surface area contributed by atoms with E-state index in [1.807, 2.05) is 24.3 Å². The van der Waals surface area contributed by atoms with Crippen molar-refractivity contribution in [3.63, 3.8) is 0 Å². The number of halogens is 1. The predicted octanol–water partition coefficient (Wildman–Crippen LogP) is 5.01. The number of nitrogens with zero attached hydrogens (tertiary/aromatic N) is 1. The van der Waals surface area contributed by atoms with Crippen molar-refractivity contribution < 1.29 is 23.8 Å². The van der Waals surface area contributed by atoms with Gasteiger partial charge in [-0.15, -0.1) is 0 Å². The SMILES string of the molecule is COc1ccc([C@H]2CC[C@H]([C@H](O)c3cccc(F)c3)N2C(=O)OC(C)(C)C)cc1. The van der Waals surface area contributed by atoms with Gasteiger partial charge in [0.1, 0.15) is 17.2 Å². The van der Waals surface area contributed by atoms with Crippen LogP contribution in [-0.4, -0.2) is 34.9 Å². The third-order valence-electron chi connectivity index (χ3n) is 5.09. The highest BCUT2D eigenvalue weighted by Gasteiger charge is 2.43. The van der Waals surface area contributed by atoms with Gasteiger partial charge in [0.2, 0.25) is 0 Å². The second-order valence-corrected chi connectivity index (χ2v) is 8.32. The minimum atomic E-state index is -1.01. The van der Waals surface area contributed by atoms with E-state index >= 15 is 0 Å². The smallest absolute Gasteiger partial charge is 0.411 e. The second kappa shape index (κ2) is 8.41. The number of hydrogen-bond acceptors (Lipinski definition) is 4. The average Bonchev–Trinajstić information content (AvgIpc) is 3.11. The van der Waals surface area contributed by atoms with Crippen LogP contribution in [-0.2, 0) is 4.74 Å². The molecule has 1 N–H and O–H groups in total. The Kier molecular flexibility index (Phi) is 6.13. The van der Waals surface area contributed by atoms with Gasteiger partial charge in [-0.05, 0) is 69.0 Å². The Morgan fingerprint density at radius 2 is 1.86 bits per heavy atom. The monoisotopic (exact) mass is 401 g/mol. The summed E-state index contributed by atoms with van der Waals surface area (Å²) in [5.74, 6) is 0.307. The zero-order chi connectivity index (χ0) is 21.2. The molecule has 1 heterocycles. The van der Waals surface area contributed by atoms with Crippen molar-refractivity contribution in [2.45, 2.75) is 57.4 Å². The molecule has 0 bridgehead atoms. The van der Waals surface area contributed by atoms with Crippen LogP contribution >= 0.6 is 0 Å². The molecule has 2 aromatic rings. The Morgan fingerprint density at radius 1 is 1.17 bits per heavy atom. The first kappa shape index (κ1) is 21.1. The Labute approximate surface area is 171 Å². The van der Waals surface area contributed by atoms with Gasteiger partial charge in [-0.2, -0.15) is 0 Å². The van der Waals surface area contributed by atoms with Crippen LogP contribution in [0.15, 0.2) is 48.5 Å². The molecule has 6 heteroatoms. The molecule has 0 radical (unpaired) electrons. The first-order valence-corrected chi connectivity index (χ1v) is 9.78. The molecule has 1 fully saturated rings. The van der Waals surface area contributed by atoms with Gasteiger partial charge in [-0.1, -0.05) is 24.3 Å². The van der Waals surface area contributed by atoms with E-state index in [4.69, 9.17) is 9.47 Å². The molecule has 1 amide bonds. The Morgan fingerprint density at radius 3 is 2.45 bits per heavy atom. The highest BCUT2D eigenvalue weighted by molar-refractivity contribution is 5.70. The number of aliphatic hydroxyl groups is 1. The lowest BCUT2D eigenvalue weighted by Crippen LogP contribution is -2.43. The van der Waals surface area contributed by atoms with E-state index in [1.54, 1.807) is 44.9 Å². The lowest BCUT2D eigenvalue weighted by molar-refractivity contribution is -0.00494. The average molecular weight is 401 g/mol. The summed E-state index contributed by atoms with van der Waals surface area (Å²) in [7, 11) is 1.60. The third-order valence-corrected chi connectivity index (χ3v) is 5.09. The number of carbonyl (C=O) groups excluding carboxylic acids is 1. The number of hydrogen-bond donors (Lipinski definition) is 1. The molecule has 3 atom stereocenters. The fourth-order valence-corrected chi connectivity index (χ4v) is 3.79. The summed E-state index contributed by atoms with van der Waals surface area (Å²) in [6.07, 6.45) is -0.256. The normalized spacial score (nSPS) is 20.4. The number of carbonyl (C=O) groups is 1. The Hall–Kier alpha value is -2.60. The quantitative estimate of drug-likeness (QED) is 0.783. The molecule has 5 nitrogen and oxygen atoms in total. The molecule has 1 aliphatic rings. The molecule has 0 saturated carbocycles. The second-order valence-electron chi connectivity index (χ2n) is 8.32. The van der Waals surface area contributed by atoms with Gasteiger partial charge >= 0.3 is 6.09 Å². The van der Waals surface area contributed by atoms with E-state index in [0.717, 1.165) is 11.3 Å². The van der Waals surface area contributed by atoms with Crippen molar-refractivity contribution in [3.05, 3.63) is 65.5 Å². The van der Waals surface area contributed by atoms with Gasteiger partial charge in [0.25, 0.3) is 0 Å². The molecule has 0 unspecified atom stereocenters. The molecule has 156 valence electrons. The minimum Gasteiger partial charge on any atom is -0.497 e. The van der Waals surface area contributed by atoms with Crippen LogP contribution in [0.2, 0.25) is 0 Å². The maximum absolute atomic E-state index is 13.7. The molecule has 2 aromatic carbocycles. The van der Waals surface area contributed by atoms with Gasteiger partial charge < -0.3 is 14.6 Å². The predicted molar refractivity (Wildman–Crippen MR) is 108 cm³/mol. The zero-order valence-electron chi connectivity index (χ0n) is 17.3. The van der Waals surface area contributed by atoms with E-state index in [9.17, 15) is 14.3 Å². The van der Waals surface area contributed by atoms with Crippen LogP contribution in [0.4, 0.5) is 9.18 Å². The fourth-order valence-electron chi connectivity index (χ4n) is 3.79. The van der Waals surface area contributed by atoms with Gasteiger partial charge in [-0.3, -0.25) is 4.90 Å². The summed E-state index contributed by atoms with van der Waals surface area (Å²) in [5, 5.41) is 11.0. The van der Waals surface area contributed by atoms with Crippen LogP contribution < -0.4 is 4.74 Å². The minimum absolute atomic E-state index is 0.246. The van der Waals surface area contributed by atoms with E-state index in [-0.39, 0.29) is 6.04 Å². The first-order chi connectivity index (χ1) is 13.7. The van der Waals surface area contributed by atoms with Crippen molar-refractivity contribution >= 4 is 6.09 Å². The molecule has 0 spiro atoms. The van der Waals surface area contributed by atoms with E-state index < -0.39 is 29.7 Å². The summed E-state index contributed by atoms with van der Waals surface area (Å²) in [6, 6.07) is 12.6. The van der Waals surface area contributed by atoms with Gasteiger partial charge in [0, 0.05) is 0 Å². The Balaban J connectivity index is 1.93. The van der Waals surface area contributed by atoms with Gasteiger partial charge in [0.05, 0.1) is 25.3 Å². The molecule has 0 aliphatic carbocycles. The number of rotatable bonds is 4. The van der Waals surface area contributed by atoms with Crippen molar-refractivity contribution in [3.8, 4) is 5.75 Å². The van der Waals surface area contributed by atoms with Crippen LogP contribution in [0.1, 0.15) is 56.9 Å². The van der Waals surface area contributed by atoms with Gasteiger partial charge in [-0.25, -0.2) is 9.18 Å². The summed E-state index contributed by atoms with van der Waals surface area (Å²) in [6.45, 7) is 5.42. The highest BCUT2D eigenvalue weighted by Crippen LogP contribution is 2.42. The molecule has 1 saturated heterocycles. The topological polar surface area (TPSA) is 59.0 Å². The molecule has 3 rings (SSSR count). The first-order valence-electron chi connectivity index (χ1n) is 9.78. The van der Waals surface area contributed by atoms with E-state index in [2.05, 4.69) is 0 Å². The van der Waals surface area contributed by atoms with Crippen molar-refractivity contribution in [1.29, 1.82) is 0 Å². The summed E-state index contributed by atoms with van der Waals surface area (Å²) < 4.78 is 24.5. The Bertz CT molecular complexity index is 847. The lowest BCUT2D eigenvalue weighted by atomic mass is 10.0. The summed E-state index contributed by atoms with van der Waals surface area (Å²) in [5.41, 5.74) is 0.711. The number of benzene rings is 2. The van der Waals surface area contributed by atoms with Crippen LogP contribution in [0.25, 0.3) is 0 Å². The molecule has 1 aliphatic heterocycles. The number of amides is 1. The number of aliphatic hydroxyl groups excluding tert-OH is 1. The standard InChI is InChI=1S/C23H28FNO4/c1-23(2,3)29-22(27)25-19(15-8-10-18(28-4)11-9-15)12-13-20(25)21(26)16-6-5-7-17(24)14-16/h5-11,14,19-21,26H,12-13H2,1-4H3/t19-,20-,21-/m1/s1. The van der Waals surface area contributed by atoms with Crippen molar-refractivity contribution in [1.82, 2.24) is 4.90 Å². The highest BCUT2D eigenvalue weighted by atomic mass is 19.1. The fraction of sp³-hybridized carbons (Fsp3) is 0.435. The summed E-state index contributed by atoms with van der Waals surface area (Å²) in [4.78, 5) is 14.7. The zero-order valence-corrected chi connectivity index (χ0v) is 17.3. The molecular weight excluding hydrogens is 373 g/mol. The van der Waals surface area contributed by atoms with Crippen LogP contribution in [0, 0.1) is 5.82 Å². The third kappa shape index (κ3) is 4.88. The molecule has 0 aromatic heterocycles. The number of likely N-dealkylation sites (tertiary alicyclic amines) is 1. The van der Waals surface area contributed by atoms with Crippen LogP contribution in [0.3, 0.4) is 0 Å². The maximum atomic E-state index is 13.7. The van der Waals surface area contributed by atoms with E-state index in [1.165, 1.54) is 12.1 Å². The summed E-state index contributed by atoms with van der Waals surface area (Å²) >= 11 is 0. The maximum Gasteiger partial charge on any atom is 0.411 e. The molecular formula is C23H28FNO4. The van der Waals surface area contributed by atoms with Gasteiger partial charge in [0.15, 0.2) is 0 Å². The largest absolute Gasteiger partial charge is 0.497 e. The van der Waals surface area contributed by atoms with Crippen molar-refractivity contribution in [2.75, 3.05) is 7.11 Å². The van der Waals surface area contributed by atoms with Crippen LogP contribution in [0.5, 0.6) is 5.75 Å². The van der Waals surface area contributed by atoms with E-state index in [0.29, 0.717) is 18.4 Å². The number of methoxy groups -OCH3 is 1. The molecule has 29 heavy (non-hydrogen) atoms. The lowest BCUT2D eigenvalue weighted by Gasteiger charge is -2.35. The van der Waals surface area contributed by atoms with Crippen molar-refractivity contribution in [2.24, 2.45) is 0 Å². The number of ether oxygens (including phenoxy) is 2.